The lowest BCUT2D eigenvalue weighted by Crippen LogP contribution is -2.33. The van der Waals surface area contributed by atoms with E-state index in [0.29, 0.717) is 13.1 Å². The molecule has 20 heavy (non-hydrogen) atoms. The van der Waals surface area contributed by atoms with E-state index in [0.717, 1.165) is 17.5 Å². The summed E-state index contributed by atoms with van der Waals surface area (Å²) < 4.78 is 5.14. The molecule has 0 heterocycles. The number of nitrogens with one attached hydrogen (secondary N) is 1. The normalized spacial score (nSPS) is 10.6. The number of hydrogen-bond donors (Lipinski definition) is 1. The summed E-state index contributed by atoms with van der Waals surface area (Å²) >= 11 is 0. The SMILES string of the molecule is CC(C)(C)OC(=O)NCCc1ccc(CN=[N+]=[N-])cc1. The van der Waals surface area contributed by atoms with Crippen LogP contribution >= 0.6 is 0 Å². The van der Waals surface area contributed by atoms with E-state index in [1.54, 1.807) is 0 Å². The molecule has 108 valence electrons. The molecule has 0 atom stereocenters. The highest BCUT2D eigenvalue weighted by Gasteiger charge is 2.15. The number of rotatable bonds is 5. The van der Waals surface area contributed by atoms with E-state index in [4.69, 9.17) is 10.3 Å². The van der Waals surface area contributed by atoms with Gasteiger partial charge < -0.3 is 10.1 Å². The molecule has 1 amide bonds. The average molecular weight is 276 g/mol. The fourth-order valence-corrected chi connectivity index (χ4v) is 1.55. The molecule has 6 nitrogen and oxygen atoms in total. The minimum atomic E-state index is -0.479. The smallest absolute Gasteiger partial charge is 0.407 e. The minimum absolute atomic E-state index is 0.354. The van der Waals surface area contributed by atoms with Gasteiger partial charge in [-0.1, -0.05) is 29.4 Å². The molecule has 0 aliphatic carbocycles. The largest absolute Gasteiger partial charge is 0.444 e. The fraction of sp³-hybridized carbons (Fsp3) is 0.500. The maximum atomic E-state index is 11.4. The summed E-state index contributed by atoms with van der Waals surface area (Å²) in [5, 5.41) is 6.21. The Balaban J connectivity index is 2.35. The van der Waals surface area contributed by atoms with Gasteiger partial charge in [0, 0.05) is 11.5 Å². The molecule has 0 unspecified atom stereocenters. The van der Waals surface area contributed by atoms with Crippen LogP contribution in [0.3, 0.4) is 0 Å². The highest BCUT2D eigenvalue weighted by molar-refractivity contribution is 5.67. The number of ether oxygens (including phenoxy) is 1. The van der Waals surface area contributed by atoms with Gasteiger partial charge in [0.25, 0.3) is 0 Å². The molecule has 0 saturated carbocycles. The molecule has 6 heteroatoms. The molecule has 1 aromatic carbocycles. The van der Waals surface area contributed by atoms with Crippen LogP contribution in [0, 0.1) is 0 Å². The monoisotopic (exact) mass is 276 g/mol. The summed E-state index contributed by atoms with van der Waals surface area (Å²) in [7, 11) is 0. The first-order chi connectivity index (χ1) is 9.40. The summed E-state index contributed by atoms with van der Waals surface area (Å²) in [6.07, 6.45) is 0.318. The van der Waals surface area contributed by atoms with Crippen LogP contribution in [0.15, 0.2) is 29.4 Å². The molecule has 0 radical (unpaired) electrons. The Morgan fingerprint density at radius 1 is 1.30 bits per heavy atom. The number of hydrogen-bond acceptors (Lipinski definition) is 3. The standard InChI is InChI=1S/C14H20N4O2/c1-14(2,3)20-13(19)16-9-8-11-4-6-12(7-5-11)10-17-18-15/h4-7H,8-10H2,1-3H3,(H,16,19). The Morgan fingerprint density at radius 2 is 1.90 bits per heavy atom. The van der Waals surface area contributed by atoms with E-state index >= 15 is 0 Å². The quantitative estimate of drug-likeness (QED) is 0.506. The third kappa shape index (κ3) is 6.66. The molecule has 1 aromatic rings. The van der Waals surface area contributed by atoms with Gasteiger partial charge in [-0.25, -0.2) is 4.79 Å². The van der Waals surface area contributed by atoms with Crippen LogP contribution in [0.4, 0.5) is 4.79 Å². The summed E-state index contributed by atoms with van der Waals surface area (Å²) in [5.41, 5.74) is 9.82. The Bertz CT molecular complexity index is 485. The average Bonchev–Trinajstić information content (AvgIpc) is 2.35. The van der Waals surface area contributed by atoms with Crippen molar-refractivity contribution < 1.29 is 9.53 Å². The highest BCUT2D eigenvalue weighted by Crippen LogP contribution is 2.08. The van der Waals surface area contributed by atoms with Crippen LogP contribution < -0.4 is 5.32 Å². The Kier molecular flexibility index (Phi) is 5.87. The second-order valence-corrected chi connectivity index (χ2v) is 5.38. The van der Waals surface area contributed by atoms with Gasteiger partial charge >= 0.3 is 6.09 Å². The number of alkyl carbamates (subject to hydrolysis) is 1. The number of azide groups is 1. The molecule has 0 bridgehead atoms. The first kappa shape index (κ1) is 15.9. The fourth-order valence-electron chi connectivity index (χ4n) is 1.55. The van der Waals surface area contributed by atoms with Gasteiger partial charge in [0.15, 0.2) is 0 Å². The van der Waals surface area contributed by atoms with E-state index in [2.05, 4.69) is 15.3 Å². The summed E-state index contributed by atoms with van der Waals surface area (Å²) in [5.74, 6) is 0. The molecule has 1 rings (SSSR count). The lowest BCUT2D eigenvalue weighted by Gasteiger charge is -2.19. The first-order valence-electron chi connectivity index (χ1n) is 6.46. The second kappa shape index (κ2) is 7.40. The van der Waals surface area contributed by atoms with E-state index in [1.807, 2.05) is 45.0 Å². The van der Waals surface area contributed by atoms with Gasteiger partial charge in [-0.15, -0.1) is 0 Å². The van der Waals surface area contributed by atoms with Gasteiger partial charge in [-0.3, -0.25) is 0 Å². The molecule has 0 saturated heterocycles. The Morgan fingerprint density at radius 3 is 2.45 bits per heavy atom. The molecule has 0 aliphatic heterocycles. The lowest BCUT2D eigenvalue weighted by atomic mass is 10.1. The van der Waals surface area contributed by atoms with Gasteiger partial charge in [0.1, 0.15) is 5.60 Å². The van der Waals surface area contributed by atoms with Crippen molar-refractivity contribution in [2.24, 2.45) is 5.11 Å². The zero-order valence-electron chi connectivity index (χ0n) is 12.1. The van der Waals surface area contributed by atoms with Crippen molar-refractivity contribution in [1.29, 1.82) is 0 Å². The molecule has 0 aliphatic rings. The van der Waals surface area contributed by atoms with E-state index in [1.165, 1.54) is 0 Å². The molecule has 0 spiro atoms. The first-order valence-corrected chi connectivity index (χ1v) is 6.46. The molecule has 0 aromatic heterocycles. The van der Waals surface area contributed by atoms with Crippen molar-refractivity contribution in [3.63, 3.8) is 0 Å². The van der Waals surface area contributed by atoms with Gasteiger partial charge in [-0.2, -0.15) is 0 Å². The molecular weight excluding hydrogens is 256 g/mol. The van der Waals surface area contributed by atoms with Gasteiger partial charge in [0.2, 0.25) is 0 Å². The molecular formula is C14H20N4O2. The van der Waals surface area contributed by atoms with Crippen LogP contribution in [0.2, 0.25) is 0 Å². The topological polar surface area (TPSA) is 87.1 Å². The zero-order valence-corrected chi connectivity index (χ0v) is 12.1. The maximum absolute atomic E-state index is 11.4. The predicted octanol–water partition coefficient (Wildman–Crippen LogP) is 3.56. The predicted molar refractivity (Wildman–Crippen MR) is 77.2 cm³/mol. The lowest BCUT2D eigenvalue weighted by molar-refractivity contribution is 0.0528. The number of carbonyl (C=O) groups excluding carboxylic acids is 1. The summed E-state index contributed by atoms with van der Waals surface area (Å²) in [6.45, 7) is 6.36. The van der Waals surface area contributed by atoms with Crippen LogP contribution in [-0.2, 0) is 17.7 Å². The number of carbonyl (C=O) groups is 1. The van der Waals surface area contributed by atoms with Crippen molar-refractivity contribution in [3.8, 4) is 0 Å². The van der Waals surface area contributed by atoms with Crippen LogP contribution in [0.25, 0.3) is 10.4 Å². The van der Waals surface area contributed by atoms with Crippen LogP contribution in [-0.4, -0.2) is 18.2 Å². The van der Waals surface area contributed by atoms with E-state index < -0.39 is 11.7 Å². The van der Waals surface area contributed by atoms with Crippen molar-refractivity contribution in [1.82, 2.24) is 5.32 Å². The molecule has 1 N–H and O–H groups in total. The van der Waals surface area contributed by atoms with Gasteiger partial charge in [-0.05, 0) is 43.9 Å². The zero-order chi connectivity index (χ0) is 15.0. The third-order valence-electron chi connectivity index (χ3n) is 2.42. The van der Waals surface area contributed by atoms with Crippen molar-refractivity contribution in [2.45, 2.75) is 39.3 Å². The summed E-state index contributed by atoms with van der Waals surface area (Å²) in [4.78, 5) is 14.2. The highest BCUT2D eigenvalue weighted by atomic mass is 16.6. The number of benzene rings is 1. The van der Waals surface area contributed by atoms with Crippen molar-refractivity contribution in [2.75, 3.05) is 6.54 Å². The third-order valence-corrected chi connectivity index (χ3v) is 2.42. The van der Waals surface area contributed by atoms with E-state index in [9.17, 15) is 4.79 Å². The van der Waals surface area contributed by atoms with Crippen molar-refractivity contribution in [3.05, 3.63) is 45.8 Å². The minimum Gasteiger partial charge on any atom is -0.444 e. The van der Waals surface area contributed by atoms with Crippen LogP contribution in [0.5, 0.6) is 0 Å². The number of nitrogens with zero attached hydrogens (tertiary/aromatic N) is 3. The summed E-state index contributed by atoms with van der Waals surface area (Å²) in [6, 6.07) is 7.74. The van der Waals surface area contributed by atoms with Gasteiger partial charge in [0.05, 0.1) is 6.54 Å². The Hall–Kier alpha value is -2.20. The van der Waals surface area contributed by atoms with E-state index in [-0.39, 0.29) is 0 Å². The Labute approximate surface area is 118 Å². The van der Waals surface area contributed by atoms with Crippen molar-refractivity contribution >= 4 is 6.09 Å². The van der Waals surface area contributed by atoms with Crippen LogP contribution in [0.1, 0.15) is 31.9 Å². The number of amides is 1. The molecule has 0 fully saturated rings. The second-order valence-electron chi connectivity index (χ2n) is 5.38. The maximum Gasteiger partial charge on any atom is 0.407 e.